The van der Waals surface area contributed by atoms with Gasteiger partial charge in [-0.2, -0.15) is 12.6 Å². The molecule has 0 radical (unpaired) electrons. The molecule has 0 saturated carbocycles. The molecule has 1 saturated heterocycles. The molecule has 1 rings (SSSR count). The highest BCUT2D eigenvalue weighted by Gasteiger charge is 2.47. The van der Waals surface area contributed by atoms with Gasteiger partial charge in [0.05, 0.1) is 0 Å². The van der Waals surface area contributed by atoms with Crippen LogP contribution in [0, 0.1) is 5.92 Å². The molecular weight excluding hydrogens is 190 g/mol. The van der Waals surface area contributed by atoms with E-state index in [1.807, 2.05) is 0 Å². The average Bonchev–Trinajstić information content (AvgIpc) is 2.24. The molecule has 3 unspecified atom stereocenters. The number of ketones is 1. The number of hydrogen-bond donors (Lipinski definition) is 2. The third kappa shape index (κ3) is 1.58. The summed E-state index contributed by atoms with van der Waals surface area (Å²) in [7, 11) is 0. The monoisotopic (exact) mass is 203 g/mol. The second-order valence-corrected chi connectivity index (χ2v) is 3.65. The number of nitrogens with zero attached hydrogens (tertiary/aromatic N) is 1. The molecule has 4 nitrogen and oxygen atoms in total. The van der Waals surface area contributed by atoms with Crippen LogP contribution in [0.3, 0.4) is 0 Å². The van der Waals surface area contributed by atoms with E-state index < -0.39 is 17.4 Å². The van der Waals surface area contributed by atoms with Gasteiger partial charge in [0.2, 0.25) is 5.91 Å². The van der Waals surface area contributed by atoms with Crippen LogP contribution in [-0.4, -0.2) is 39.7 Å². The fourth-order valence-corrected chi connectivity index (χ4v) is 2.02. The molecule has 5 heteroatoms. The highest BCUT2D eigenvalue weighted by Crippen LogP contribution is 2.27. The highest BCUT2D eigenvalue weighted by atomic mass is 32.1. The number of hydrogen-bond acceptors (Lipinski definition) is 4. The lowest BCUT2D eigenvalue weighted by Crippen LogP contribution is -2.32. The van der Waals surface area contributed by atoms with Crippen molar-refractivity contribution in [3.8, 4) is 0 Å². The molecular formula is C8H13NO3S. The zero-order valence-electron chi connectivity index (χ0n) is 7.60. The number of carbonyl (C=O) groups excluding carboxylic acids is 2. The zero-order valence-corrected chi connectivity index (χ0v) is 8.49. The van der Waals surface area contributed by atoms with Crippen molar-refractivity contribution in [2.75, 3.05) is 6.54 Å². The van der Waals surface area contributed by atoms with E-state index in [0.29, 0.717) is 6.54 Å². The van der Waals surface area contributed by atoms with Crippen LogP contribution in [0.4, 0.5) is 0 Å². The Morgan fingerprint density at radius 3 is 2.46 bits per heavy atom. The first-order valence-electron chi connectivity index (χ1n) is 4.17. The molecule has 0 aromatic rings. The molecule has 1 fully saturated rings. The third-order valence-corrected chi connectivity index (χ3v) is 2.88. The number of amides is 1. The number of likely N-dealkylation sites (tertiary alicyclic amines) is 1. The third-order valence-electron chi connectivity index (χ3n) is 2.29. The maximum absolute atomic E-state index is 11.5. The zero-order chi connectivity index (χ0) is 10.2. The maximum atomic E-state index is 11.5. The van der Waals surface area contributed by atoms with E-state index >= 15 is 0 Å². The van der Waals surface area contributed by atoms with Gasteiger partial charge < -0.3 is 10.0 Å². The first kappa shape index (κ1) is 10.5. The van der Waals surface area contributed by atoms with Crippen molar-refractivity contribution in [2.24, 2.45) is 5.92 Å². The molecule has 74 valence electrons. The molecule has 1 aliphatic heterocycles. The quantitative estimate of drug-likeness (QED) is 0.477. The normalized spacial score (nSPS) is 34.0. The number of carbonyl (C=O) groups is 2. The van der Waals surface area contributed by atoms with E-state index in [4.69, 9.17) is 0 Å². The van der Waals surface area contributed by atoms with Crippen LogP contribution in [-0.2, 0) is 9.59 Å². The molecule has 13 heavy (non-hydrogen) atoms. The van der Waals surface area contributed by atoms with E-state index in [-0.39, 0.29) is 11.7 Å². The predicted molar refractivity (Wildman–Crippen MR) is 50.3 cm³/mol. The summed E-state index contributed by atoms with van der Waals surface area (Å²) in [6.07, 6.45) is -0.978. The van der Waals surface area contributed by atoms with Crippen molar-refractivity contribution in [3.05, 3.63) is 0 Å². The summed E-state index contributed by atoms with van der Waals surface area (Å²) in [5.74, 6) is -1.53. The van der Waals surface area contributed by atoms with Gasteiger partial charge >= 0.3 is 0 Å². The number of likely N-dealkylation sites (N-methyl/N-ethyl adjacent to an activating group) is 1. The Hall–Kier alpha value is -0.550. The Bertz CT molecular complexity index is 244. The second-order valence-electron chi connectivity index (χ2n) is 3.12. The van der Waals surface area contributed by atoms with Crippen LogP contribution < -0.4 is 0 Å². The van der Waals surface area contributed by atoms with Crippen molar-refractivity contribution in [2.45, 2.75) is 25.3 Å². The largest absolute Gasteiger partial charge is 0.389 e. The fourth-order valence-electron chi connectivity index (χ4n) is 1.57. The van der Waals surface area contributed by atoms with E-state index in [0.717, 1.165) is 0 Å². The van der Waals surface area contributed by atoms with Gasteiger partial charge in [-0.25, -0.2) is 0 Å². The topological polar surface area (TPSA) is 57.6 Å². The molecule has 0 spiro atoms. The van der Waals surface area contributed by atoms with Gasteiger partial charge in [-0.1, -0.05) is 0 Å². The van der Waals surface area contributed by atoms with Gasteiger partial charge in [0.25, 0.3) is 0 Å². The Balaban J connectivity index is 2.91. The van der Waals surface area contributed by atoms with Crippen LogP contribution in [0.2, 0.25) is 0 Å². The molecule has 1 heterocycles. The Morgan fingerprint density at radius 2 is 2.23 bits per heavy atom. The maximum Gasteiger partial charge on any atom is 0.236 e. The minimum atomic E-state index is -0.978. The van der Waals surface area contributed by atoms with Gasteiger partial charge in [0.1, 0.15) is 23.2 Å². The lowest BCUT2D eigenvalue weighted by atomic mass is 10.0. The van der Waals surface area contributed by atoms with Crippen LogP contribution in [0.1, 0.15) is 13.8 Å². The summed E-state index contributed by atoms with van der Waals surface area (Å²) >= 11 is 4.08. The molecule has 0 aromatic heterocycles. The summed E-state index contributed by atoms with van der Waals surface area (Å²) in [6, 6.07) is 0. The molecule has 1 aliphatic rings. The lowest BCUT2D eigenvalue weighted by Gasteiger charge is -2.19. The summed E-state index contributed by atoms with van der Waals surface area (Å²) in [5, 5.41) is 8.99. The van der Waals surface area contributed by atoms with Crippen LogP contribution in [0.5, 0.6) is 0 Å². The van der Waals surface area contributed by atoms with Crippen LogP contribution >= 0.6 is 12.6 Å². The van der Waals surface area contributed by atoms with Gasteiger partial charge in [0.15, 0.2) is 0 Å². The van der Waals surface area contributed by atoms with Crippen LogP contribution in [0.25, 0.3) is 0 Å². The number of aliphatic hydroxyl groups excluding tert-OH is 1. The molecule has 0 aliphatic carbocycles. The minimum absolute atomic E-state index is 0.299. The molecule has 3 atom stereocenters. The minimum Gasteiger partial charge on any atom is -0.389 e. The van der Waals surface area contributed by atoms with Crippen LogP contribution in [0.15, 0.2) is 0 Å². The Morgan fingerprint density at radius 1 is 1.69 bits per heavy atom. The Labute approximate surface area is 82.3 Å². The molecule has 0 bridgehead atoms. The van der Waals surface area contributed by atoms with Crippen molar-refractivity contribution < 1.29 is 14.7 Å². The second kappa shape index (κ2) is 3.67. The summed E-state index contributed by atoms with van der Waals surface area (Å²) in [4.78, 5) is 23.9. The van der Waals surface area contributed by atoms with Gasteiger partial charge in [-0.15, -0.1) is 0 Å². The standard InChI is InChI=1S/C8H13NO3S/c1-3-9-7(12)5(4(2)10)6(11)8(9)13/h5-6,8,11,13H,3H2,1-2H3. The number of thiol groups is 1. The van der Waals surface area contributed by atoms with E-state index in [1.165, 1.54) is 11.8 Å². The fraction of sp³-hybridized carbons (Fsp3) is 0.750. The average molecular weight is 203 g/mol. The number of Topliss-reactive ketones (excluding diaryl/α,β-unsaturated/α-hetero) is 1. The number of rotatable bonds is 2. The van der Waals surface area contributed by atoms with Crippen molar-refractivity contribution >= 4 is 24.3 Å². The van der Waals surface area contributed by atoms with Crippen molar-refractivity contribution in [1.29, 1.82) is 0 Å². The Kier molecular flexibility index (Phi) is 2.98. The van der Waals surface area contributed by atoms with Gasteiger partial charge in [0, 0.05) is 6.54 Å². The van der Waals surface area contributed by atoms with E-state index in [1.54, 1.807) is 6.92 Å². The first-order valence-corrected chi connectivity index (χ1v) is 4.69. The lowest BCUT2D eigenvalue weighted by molar-refractivity contribution is -0.137. The van der Waals surface area contributed by atoms with Gasteiger partial charge in [-0.3, -0.25) is 9.59 Å². The molecule has 1 N–H and O–H groups in total. The SMILES string of the molecule is CCN1C(=O)C(C(C)=O)C(O)C1S. The molecule has 0 aromatic carbocycles. The van der Waals surface area contributed by atoms with Crippen molar-refractivity contribution in [1.82, 2.24) is 4.90 Å². The highest BCUT2D eigenvalue weighted by molar-refractivity contribution is 7.81. The first-order chi connectivity index (χ1) is 6.00. The smallest absolute Gasteiger partial charge is 0.236 e. The summed E-state index contributed by atoms with van der Waals surface area (Å²) in [6.45, 7) is 3.57. The van der Waals surface area contributed by atoms with Crippen molar-refractivity contribution in [3.63, 3.8) is 0 Å². The van der Waals surface area contributed by atoms with Gasteiger partial charge in [-0.05, 0) is 13.8 Å². The number of aliphatic hydroxyl groups is 1. The van der Waals surface area contributed by atoms with E-state index in [2.05, 4.69) is 12.6 Å². The summed E-state index contributed by atoms with van der Waals surface area (Å²) in [5.41, 5.74) is 0. The predicted octanol–water partition coefficient (Wildman–Crippen LogP) is -0.330. The molecule has 1 amide bonds. The summed E-state index contributed by atoms with van der Waals surface area (Å²) < 4.78 is 0. The van der Waals surface area contributed by atoms with E-state index in [9.17, 15) is 14.7 Å².